The van der Waals surface area contributed by atoms with Crippen molar-refractivity contribution >= 4 is 29.2 Å². The molecule has 0 spiro atoms. The number of nitrogens with one attached hydrogen (secondary N) is 1. The van der Waals surface area contributed by atoms with Crippen LogP contribution in [0, 0.1) is 5.92 Å². The summed E-state index contributed by atoms with van der Waals surface area (Å²) in [4.78, 5) is 16.9. The molecule has 2 saturated heterocycles. The first-order valence-electron chi connectivity index (χ1n) is 10.1. The number of amides is 2. The Morgan fingerprint density at radius 1 is 1.29 bits per heavy atom. The van der Waals surface area contributed by atoms with E-state index in [9.17, 15) is 4.79 Å². The summed E-state index contributed by atoms with van der Waals surface area (Å²) in [5.41, 5.74) is 0.824. The molecule has 28 heavy (non-hydrogen) atoms. The van der Waals surface area contributed by atoms with Crippen LogP contribution in [-0.4, -0.2) is 69.3 Å². The van der Waals surface area contributed by atoms with E-state index in [-0.39, 0.29) is 11.4 Å². The Bertz CT molecular complexity index is 672. The normalized spacial score (nSPS) is 20.7. The molecule has 1 N–H and O–H groups in total. The largest absolute Gasteiger partial charge is 0.381 e. The molecule has 156 valence electrons. The van der Waals surface area contributed by atoms with Gasteiger partial charge in [-0.25, -0.2) is 4.79 Å². The van der Waals surface area contributed by atoms with Crippen LogP contribution in [0.2, 0.25) is 10.0 Å². The van der Waals surface area contributed by atoms with Gasteiger partial charge >= 0.3 is 6.03 Å². The van der Waals surface area contributed by atoms with Gasteiger partial charge < -0.3 is 19.9 Å². The molecular formula is C21H31Cl2N3O2. The second-order valence-electron chi connectivity index (χ2n) is 8.30. The number of nitrogens with zero attached hydrogens (tertiary/aromatic N) is 2. The fourth-order valence-corrected chi connectivity index (χ4v) is 4.93. The fraction of sp³-hybridized carbons (Fsp3) is 0.667. The van der Waals surface area contributed by atoms with Gasteiger partial charge in [0.2, 0.25) is 0 Å². The van der Waals surface area contributed by atoms with Crippen molar-refractivity contribution in [3.05, 3.63) is 33.8 Å². The van der Waals surface area contributed by atoms with Crippen LogP contribution in [0.25, 0.3) is 0 Å². The van der Waals surface area contributed by atoms with Crippen LogP contribution in [0.5, 0.6) is 0 Å². The Morgan fingerprint density at radius 3 is 2.61 bits per heavy atom. The summed E-state index contributed by atoms with van der Waals surface area (Å²) in [6.07, 6.45) is 3.95. The molecule has 2 amide bonds. The maximum absolute atomic E-state index is 12.8. The molecule has 5 nitrogen and oxygen atoms in total. The Balaban J connectivity index is 1.62. The maximum atomic E-state index is 12.8. The lowest BCUT2D eigenvalue weighted by Crippen LogP contribution is -2.49. The highest BCUT2D eigenvalue weighted by atomic mass is 35.5. The number of carbonyl (C=O) groups is 1. The quantitative estimate of drug-likeness (QED) is 0.771. The third kappa shape index (κ3) is 5.32. The van der Waals surface area contributed by atoms with Gasteiger partial charge in [0.05, 0.1) is 0 Å². The average molecular weight is 428 g/mol. The number of carbonyl (C=O) groups excluding carboxylic acids is 1. The van der Waals surface area contributed by atoms with Gasteiger partial charge in [-0.15, -0.1) is 0 Å². The third-order valence-corrected chi connectivity index (χ3v) is 6.80. The van der Waals surface area contributed by atoms with E-state index < -0.39 is 0 Å². The van der Waals surface area contributed by atoms with Crippen LogP contribution in [0.3, 0.4) is 0 Å². The molecule has 0 aromatic heterocycles. The Hall–Kier alpha value is -1.01. The van der Waals surface area contributed by atoms with Gasteiger partial charge in [0.15, 0.2) is 0 Å². The van der Waals surface area contributed by atoms with Gasteiger partial charge in [-0.1, -0.05) is 29.3 Å². The molecule has 0 aliphatic carbocycles. The van der Waals surface area contributed by atoms with Crippen LogP contribution in [0.4, 0.5) is 4.79 Å². The molecular weight excluding hydrogens is 397 g/mol. The minimum Gasteiger partial charge on any atom is -0.381 e. The van der Waals surface area contributed by atoms with E-state index >= 15 is 0 Å². The monoisotopic (exact) mass is 427 g/mol. The molecule has 3 rings (SSSR count). The smallest absolute Gasteiger partial charge is 0.317 e. The van der Waals surface area contributed by atoms with Crippen molar-refractivity contribution in [3.63, 3.8) is 0 Å². The molecule has 0 bridgehead atoms. The number of hydrogen-bond donors (Lipinski definition) is 1. The molecule has 1 aromatic rings. The highest BCUT2D eigenvalue weighted by Crippen LogP contribution is 2.39. The van der Waals surface area contributed by atoms with Crippen molar-refractivity contribution in [2.75, 3.05) is 53.5 Å². The standard InChI is InChI=1S/C21H31Cl2N3O2/c1-25-9-5-16(6-10-25)14-26(2)20(27)24-15-21(7-11-28-12-8-21)18-4-3-17(22)13-19(18)23/h3-4,13,16H,5-12,14-15H2,1-2H3,(H,24,27). The summed E-state index contributed by atoms with van der Waals surface area (Å²) in [6.45, 7) is 4.91. The van der Waals surface area contributed by atoms with E-state index in [4.69, 9.17) is 27.9 Å². The Labute approximate surface area is 178 Å². The zero-order valence-electron chi connectivity index (χ0n) is 16.8. The van der Waals surface area contributed by atoms with Crippen molar-refractivity contribution in [1.29, 1.82) is 0 Å². The Morgan fingerprint density at radius 2 is 1.96 bits per heavy atom. The lowest BCUT2D eigenvalue weighted by atomic mass is 9.74. The molecule has 0 saturated carbocycles. The zero-order valence-corrected chi connectivity index (χ0v) is 18.4. The van der Waals surface area contributed by atoms with E-state index in [1.54, 1.807) is 6.07 Å². The predicted octanol–water partition coefficient (Wildman–Crippen LogP) is 4.02. The van der Waals surface area contributed by atoms with Crippen LogP contribution in [0.1, 0.15) is 31.2 Å². The van der Waals surface area contributed by atoms with Crippen molar-refractivity contribution in [2.45, 2.75) is 31.1 Å². The molecule has 0 atom stereocenters. The topological polar surface area (TPSA) is 44.8 Å². The molecule has 2 aliphatic rings. The van der Waals surface area contributed by atoms with Gasteiger partial charge in [0.25, 0.3) is 0 Å². The number of ether oxygens (including phenoxy) is 1. The number of piperidine rings is 1. The van der Waals surface area contributed by atoms with Gasteiger partial charge in [-0.05, 0) is 69.4 Å². The van der Waals surface area contributed by atoms with Crippen molar-refractivity contribution in [1.82, 2.24) is 15.1 Å². The van der Waals surface area contributed by atoms with Gasteiger partial charge in [-0.3, -0.25) is 0 Å². The lowest BCUT2D eigenvalue weighted by molar-refractivity contribution is 0.0501. The molecule has 0 radical (unpaired) electrons. The number of rotatable bonds is 5. The van der Waals surface area contributed by atoms with Crippen molar-refractivity contribution in [3.8, 4) is 0 Å². The van der Waals surface area contributed by atoms with E-state index in [1.165, 1.54) is 0 Å². The lowest BCUT2D eigenvalue weighted by Gasteiger charge is -2.39. The SMILES string of the molecule is CN1CCC(CN(C)C(=O)NCC2(c3ccc(Cl)cc3Cl)CCOCC2)CC1. The molecule has 2 heterocycles. The third-order valence-electron chi connectivity index (χ3n) is 6.25. The first-order chi connectivity index (χ1) is 13.4. The minimum atomic E-state index is -0.218. The second kappa shape index (κ2) is 9.66. The summed E-state index contributed by atoms with van der Waals surface area (Å²) in [6, 6.07) is 5.62. The predicted molar refractivity (Wildman–Crippen MR) is 114 cm³/mol. The van der Waals surface area contributed by atoms with Crippen molar-refractivity contribution < 1.29 is 9.53 Å². The molecule has 0 unspecified atom stereocenters. The zero-order chi connectivity index (χ0) is 20.1. The molecule has 2 aliphatic heterocycles. The Kier molecular flexibility index (Phi) is 7.48. The summed E-state index contributed by atoms with van der Waals surface area (Å²) in [5.74, 6) is 0.578. The van der Waals surface area contributed by atoms with Gasteiger partial charge in [0, 0.05) is 48.8 Å². The summed E-state index contributed by atoms with van der Waals surface area (Å²) < 4.78 is 5.58. The number of urea groups is 1. The number of hydrogen-bond acceptors (Lipinski definition) is 3. The summed E-state index contributed by atoms with van der Waals surface area (Å²) in [5, 5.41) is 4.44. The van der Waals surface area contributed by atoms with Crippen LogP contribution >= 0.6 is 23.2 Å². The van der Waals surface area contributed by atoms with Gasteiger partial charge in [-0.2, -0.15) is 0 Å². The van der Waals surface area contributed by atoms with Crippen LogP contribution in [-0.2, 0) is 10.2 Å². The number of benzene rings is 1. The van der Waals surface area contributed by atoms with Crippen LogP contribution in [0.15, 0.2) is 18.2 Å². The molecule has 2 fully saturated rings. The average Bonchev–Trinajstić information content (AvgIpc) is 2.68. The highest BCUT2D eigenvalue weighted by molar-refractivity contribution is 6.35. The molecule has 1 aromatic carbocycles. The first kappa shape index (κ1) is 21.7. The van der Waals surface area contributed by atoms with Crippen molar-refractivity contribution in [2.24, 2.45) is 5.92 Å². The maximum Gasteiger partial charge on any atom is 0.317 e. The summed E-state index contributed by atoms with van der Waals surface area (Å²) in [7, 11) is 4.04. The number of halogens is 2. The van der Waals surface area contributed by atoms with E-state index in [0.717, 1.165) is 50.9 Å². The van der Waals surface area contributed by atoms with E-state index in [2.05, 4.69) is 17.3 Å². The fourth-order valence-electron chi connectivity index (χ4n) is 4.32. The number of likely N-dealkylation sites (tertiary alicyclic amines) is 1. The second-order valence-corrected chi connectivity index (χ2v) is 9.15. The van der Waals surface area contributed by atoms with Crippen LogP contribution < -0.4 is 5.32 Å². The minimum absolute atomic E-state index is 0.0186. The first-order valence-corrected chi connectivity index (χ1v) is 10.9. The molecule has 7 heteroatoms. The van der Waals surface area contributed by atoms with E-state index in [1.807, 2.05) is 24.1 Å². The van der Waals surface area contributed by atoms with E-state index in [0.29, 0.717) is 35.7 Å². The van der Waals surface area contributed by atoms with Gasteiger partial charge in [0.1, 0.15) is 0 Å². The highest BCUT2D eigenvalue weighted by Gasteiger charge is 2.37. The summed E-state index contributed by atoms with van der Waals surface area (Å²) >= 11 is 12.6.